The Labute approximate surface area is 109 Å². The Morgan fingerprint density at radius 3 is 2.17 bits per heavy atom. The van der Waals surface area contributed by atoms with Crippen molar-refractivity contribution < 1.29 is 26.7 Å². The van der Waals surface area contributed by atoms with Gasteiger partial charge < -0.3 is 4.74 Å². The molecule has 1 atom stereocenters. The summed E-state index contributed by atoms with van der Waals surface area (Å²) in [7, 11) is 0. The first-order valence-corrected chi connectivity index (χ1v) is 5.97. The molecule has 18 heavy (non-hydrogen) atoms. The third-order valence-corrected chi connectivity index (χ3v) is 3.03. The summed E-state index contributed by atoms with van der Waals surface area (Å²) >= 11 is 3.01. The van der Waals surface area contributed by atoms with Crippen molar-refractivity contribution in [3.8, 4) is 0 Å². The monoisotopic (exact) mass is 332 g/mol. The minimum Gasteiger partial charge on any atom is -0.375 e. The molecule has 1 nitrogen and oxygen atoms in total. The zero-order valence-electron chi connectivity index (χ0n) is 9.11. The van der Waals surface area contributed by atoms with E-state index >= 15 is 0 Å². The summed E-state index contributed by atoms with van der Waals surface area (Å²) in [6.45, 7) is -0.815. The third kappa shape index (κ3) is 4.53. The van der Waals surface area contributed by atoms with E-state index in [1.165, 1.54) is 0 Å². The second-order valence-electron chi connectivity index (χ2n) is 3.51. The van der Waals surface area contributed by atoms with Gasteiger partial charge in [-0.25, -0.2) is 22.0 Å². The first-order valence-electron chi connectivity index (χ1n) is 5.06. The van der Waals surface area contributed by atoms with E-state index in [0.717, 1.165) is 0 Å². The van der Waals surface area contributed by atoms with Crippen LogP contribution >= 0.6 is 15.9 Å². The van der Waals surface area contributed by atoms with Crippen LogP contribution in [0.5, 0.6) is 0 Å². The van der Waals surface area contributed by atoms with Crippen molar-refractivity contribution in [1.29, 1.82) is 0 Å². The highest BCUT2D eigenvalue weighted by molar-refractivity contribution is 9.09. The maximum Gasteiger partial charge on any atom is 0.261 e. The Hall–Kier alpha value is -0.690. The van der Waals surface area contributed by atoms with Gasteiger partial charge in [0.25, 0.3) is 6.43 Å². The van der Waals surface area contributed by atoms with Crippen LogP contribution in [0, 0.1) is 17.5 Å². The van der Waals surface area contributed by atoms with Crippen molar-refractivity contribution in [1.82, 2.24) is 0 Å². The lowest BCUT2D eigenvalue weighted by Crippen LogP contribution is -2.08. The van der Waals surface area contributed by atoms with Crippen LogP contribution in [0.25, 0.3) is 0 Å². The normalized spacial score (nSPS) is 13.1. The molecule has 0 heterocycles. The molecule has 0 aliphatic carbocycles. The molecule has 0 fully saturated rings. The molecule has 0 bridgehead atoms. The molecule has 0 saturated carbocycles. The minimum atomic E-state index is -2.59. The van der Waals surface area contributed by atoms with Crippen LogP contribution in [0.4, 0.5) is 22.0 Å². The lowest BCUT2D eigenvalue weighted by molar-refractivity contribution is 0.0166. The molecule has 1 unspecified atom stereocenters. The van der Waals surface area contributed by atoms with Gasteiger partial charge in [-0.1, -0.05) is 15.9 Å². The van der Waals surface area contributed by atoms with Crippen molar-refractivity contribution >= 4 is 15.9 Å². The van der Waals surface area contributed by atoms with E-state index in [1.807, 2.05) is 0 Å². The standard InChI is InChI=1S/C11H10BrF5O/c12-7(1-2-18-5-10(16)17)11-8(14)3-6(13)4-9(11)15/h3-4,7,10H,1-2,5H2. The summed E-state index contributed by atoms with van der Waals surface area (Å²) in [5, 5.41) is 0. The summed E-state index contributed by atoms with van der Waals surface area (Å²) < 4.78 is 67.4. The van der Waals surface area contributed by atoms with Gasteiger partial charge in [-0.3, -0.25) is 0 Å². The molecule has 0 radical (unpaired) electrons. The summed E-state index contributed by atoms with van der Waals surface area (Å²) in [5.41, 5.74) is -0.336. The molecule has 0 amide bonds. The second kappa shape index (κ2) is 7.04. The number of halogens is 6. The predicted octanol–water partition coefficient (Wildman–Crippen LogP) is 4.21. The SMILES string of the molecule is Fc1cc(F)c(C(Br)CCOCC(F)F)c(F)c1. The van der Waals surface area contributed by atoms with Gasteiger partial charge in [0, 0.05) is 29.1 Å². The van der Waals surface area contributed by atoms with Gasteiger partial charge >= 0.3 is 0 Å². The van der Waals surface area contributed by atoms with Gasteiger partial charge in [-0.15, -0.1) is 0 Å². The Morgan fingerprint density at radius 1 is 1.11 bits per heavy atom. The fraction of sp³-hybridized carbons (Fsp3) is 0.455. The first kappa shape index (κ1) is 15.4. The van der Waals surface area contributed by atoms with Crippen molar-refractivity contribution in [3.05, 3.63) is 35.1 Å². The van der Waals surface area contributed by atoms with E-state index in [1.54, 1.807) is 0 Å². The fourth-order valence-electron chi connectivity index (χ4n) is 1.36. The second-order valence-corrected chi connectivity index (χ2v) is 4.61. The van der Waals surface area contributed by atoms with E-state index in [-0.39, 0.29) is 18.6 Å². The summed E-state index contributed by atoms with van der Waals surface area (Å²) in [6, 6.07) is 1.12. The topological polar surface area (TPSA) is 9.23 Å². The third-order valence-electron chi connectivity index (χ3n) is 2.12. The Balaban J connectivity index is 2.59. The van der Waals surface area contributed by atoms with Crippen LogP contribution in [-0.4, -0.2) is 19.6 Å². The lowest BCUT2D eigenvalue weighted by atomic mass is 10.1. The Kier molecular flexibility index (Phi) is 6.01. The van der Waals surface area contributed by atoms with Crippen molar-refractivity contribution in [2.75, 3.05) is 13.2 Å². The molecular weight excluding hydrogens is 323 g/mol. The zero-order chi connectivity index (χ0) is 13.7. The van der Waals surface area contributed by atoms with Gasteiger partial charge in [0.1, 0.15) is 24.1 Å². The van der Waals surface area contributed by atoms with Crippen molar-refractivity contribution in [2.24, 2.45) is 0 Å². The van der Waals surface area contributed by atoms with E-state index in [2.05, 4.69) is 20.7 Å². The summed E-state index contributed by atoms with van der Waals surface area (Å²) in [5.74, 6) is -3.06. The molecule has 0 spiro atoms. The van der Waals surface area contributed by atoms with E-state index in [4.69, 9.17) is 0 Å². The van der Waals surface area contributed by atoms with Crippen molar-refractivity contribution in [3.63, 3.8) is 0 Å². The first-order chi connectivity index (χ1) is 8.41. The van der Waals surface area contributed by atoms with Crippen molar-refractivity contribution in [2.45, 2.75) is 17.7 Å². The van der Waals surface area contributed by atoms with Gasteiger partial charge in [0.05, 0.1) is 0 Å². The number of alkyl halides is 3. The van der Waals surface area contributed by atoms with Crippen LogP contribution in [0.3, 0.4) is 0 Å². The Morgan fingerprint density at radius 2 is 1.67 bits per heavy atom. The predicted molar refractivity (Wildman–Crippen MR) is 59.4 cm³/mol. The zero-order valence-corrected chi connectivity index (χ0v) is 10.7. The Bertz CT molecular complexity index is 376. The molecule has 1 rings (SSSR count). The molecular formula is C11H10BrF5O. The molecule has 0 aliphatic rings. The highest BCUT2D eigenvalue weighted by Gasteiger charge is 2.19. The molecule has 0 aliphatic heterocycles. The summed E-state index contributed by atoms with van der Waals surface area (Å²) in [6.07, 6.45) is -2.50. The van der Waals surface area contributed by atoms with E-state index in [9.17, 15) is 22.0 Å². The lowest BCUT2D eigenvalue weighted by Gasteiger charge is -2.12. The number of hydrogen-bond acceptors (Lipinski definition) is 1. The number of ether oxygens (including phenoxy) is 1. The molecule has 102 valence electrons. The minimum absolute atomic E-state index is 0.0868. The molecule has 1 aromatic rings. The van der Waals surface area contributed by atoms with Gasteiger partial charge in [-0.2, -0.15) is 0 Å². The molecule has 0 aromatic heterocycles. The van der Waals surface area contributed by atoms with Crippen LogP contribution in [-0.2, 0) is 4.74 Å². The number of benzene rings is 1. The molecule has 0 saturated heterocycles. The molecule has 0 N–H and O–H groups in total. The van der Waals surface area contributed by atoms with E-state index < -0.39 is 35.3 Å². The van der Waals surface area contributed by atoms with E-state index in [0.29, 0.717) is 12.1 Å². The van der Waals surface area contributed by atoms with Crippen LogP contribution in [0.2, 0.25) is 0 Å². The largest absolute Gasteiger partial charge is 0.375 e. The fourth-order valence-corrected chi connectivity index (χ4v) is 1.98. The maximum absolute atomic E-state index is 13.3. The summed E-state index contributed by atoms with van der Waals surface area (Å²) in [4.78, 5) is -0.768. The van der Waals surface area contributed by atoms with Gasteiger partial charge in [0.2, 0.25) is 0 Å². The smallest absolute Gasteiger partial charge is 0.261 e. The van der Waals surface area contributed by atoms with Crippen LogP contribution in [0.1, 0.15) is 16.8 Å². The highest BCUT2D eigenvalue weighted by Crippen LogP contribution is 2.31. The van der Waals surface area contributed by atoms with Crippen LogP contribution in [0.15, 0.2) is 12.1 Å². The average Bonchev–Trinajstić information content (AvgIpc) is 2.22. The number of hydrogen-bond donors (Lipinski definition) is 0. The van der Waals surface area contributed by atoms with Gasteiger partial charge in [0.15, 0.2) is 0 Å². The quantitative estimate of drug-likeness (QED) is 0.430. The molecule has 7 heteroatoms. The number of rotatable bonds is 6. The van der Waals surface area contributed by atoms with Gasteiger partial charge in [-0.05, 0) is 6.42 Å². The highest BCUT2D eigenvalue weighted by atomic mass is 79.9. The average molecular weight is 333 g/mol. The molecule has 1 aromatic carbocycles. The van der Waals surface area contributed by atoms with Crippen LogP contribution < -0.4 is 0 Å². The maximum atomic E-state index is 13.3.